The van der Waals surface area contributed by atoms with E-state index in [1.807, 2.05) is 16.7 Å². The Hall–Kier alpha value is -1.56. The van der Waals surface area contributed by atoms with Crippen molar-refractivity contribution in [1.29, 1.82) is 5.26 Å². The summed E-state index contributed by atoms with van der Waals surface area (Å²) in [6, 6.07) is 5.80. The molecule has 92 valence electrons. The minimum atomic E-state index is -0.00792. The highest BCUT2D eigenvalue weighted by molar-refractivity contribution is 5.21. The van der Waals surface area contributed by atoms with Crippen LogP contribution in [0.2, 0.25) is 0 Å². The van der Waals surface area contributed by atoms with E-state index < -0.39 is 0 Å². The molecule has 1 heterocycles. The quantitative estimate of drug-likeness (QED) is 0.801. The van der Waals surface area contributed by atoms with Crippen LogP contribution in [0.5, 0.6) is 0 Å². The van der Waals surface area contributed by atoms with Gasteiger partial charge in [0.2, 0.25) is 0 Å². The minimum absolute atomic E-state index is 0.00792. The number of aromatic nitrogens is 1. The summed E-state index contributed by atoms with van der Waals surface area (Å²) in [5.74, 6) is 0.736. The Balaban J connectivity index is 3.32. The van der Waals surface area contributed by atoms with Crippen molar-refractivity contribution in [3.05, 3.63) is 33.7 Å². The molecule has 0 saturated heterocycles. The summed E-state index contributed by atoms with van der Waals surface area (Å²) in [6.07, 6.45) is 0.190. The van der Waals surface area contributed by atoms with Gasteiger partial charge in [0.1, 0.15) is 0 Å². The normalized spacial score (nSPS) is 10.9. The van der Waals surface area contributed by atoms with Gasteiger partial charge in [-0.2, -0.15) is 5.26 Å². The molecule has 0 atom stereocenters. The second kappa shape index (κ2) is 5.67. The summed E-state index contributed by atoms with van der Waals surface area (Å²) in [5, 5.41) is 8.70. The zero-order chi connectivity index (χ0) is 13.0. The third-order valence-corrected chi connectivity index (χ3v) is 2.70. The molecule has 0 fully saturated rings. The van der Waals surface area contributed by atoms with Crippen molar-refractivity contribution in [3.8, 4) is 6.07 Å². The van der Waals surface area contributed by atoms with Crippen molar-refractivity contribution in [2.45, 2.75) is 46.6 Å². The SMILES string of the molecule is CC(C)Cn1c(C(C)C)ccc(CC#N)c1=O. The smallest absolute Gasteiger partial charge is 0.255 e. The van der Waals surface area contributed by atoms with Gasteiger partial charge in [-0.3, -0.25) is 4.79 Å². The molecule has 0 unspecified atom stereocenters. The van der Waals surface area contributed by atoms with Crippen LogP contribution in [-0.2, 0) is 13.0 Å². The van der Waals surface area contributed by atoms with Gasteiger partial charge >= 0.3 is 0 Å². The van der Waals surface area contributed by atoms with Crippen LogP contribution in [0.3, 0.4) is 0 Å². The van der Waals surface area contributed by atoms with Crippen molar-refractivity contribution >= 4 is 0 Å². The number of nitrogens with zero attached hydrogens (tertiary/aromatic N) is 2. The van der Waals surface area contributed by atoms with Gasteiger partial charge in [-0.25, -0.2) is 0 Å². The van der Waals surface area contributed by atoms with Gasteiger partial charge in [-0.15, -0.1) is 0 Å². The molecule has 3 heteroatoms. The van der Waals surface area contributed by atoms with E-state index in [4.69, 9.17) is 5.26 Å². The van der Waals surface area contributed by atoms with Gasteiger partial charge in [-0.05, 0) is 17.9 Å². The lowest BCUT2D eigenvalue weighted by Crippen LogP contribution is -2.28. The molecule has 0 amide bonds. The average molecular weight is 232 g/mol. The third-order valence-electron chi connectivity index (χ3n) is 2.70. The number of hydrogen-bond acceptors (Lipinski definition) is 2. The molecule has 0 aliphatic rings. The first-order chi connectivity index (χ1) is 7.97. The summed E-state index contributed by atoms with van der Waals surface area (Å²) in [4.78, 5) is 12.2. The largest absolute Gasteiger partial charge is 0.312 e. The van der Waals surface area contributed by atoms with E-state index in [9.17, 15) is 4.79 Å². The Morgan fingerprint density at radius 1 is 1.29 bits per heavy atom. The Morgan fingerprint density at radius 2 is 1.94 bits per heavy atom. The van der Waals surface area contributed by atoms with Gasteiger partial charge in [0.25, 0.3) is 5.56 Å². The molecular formula is C14H20N2O. The molecule has 3 nitrogen and oxygen atoms in total. The number of nitriles is 1. The Kier molecular flexibility index (Phi) is 4.51. The van der Waals surface area contributed by atoms with E-state index in [-0.39, 0.29) is 12.0 Å². The van der Waals surface area contributed by atoms with E-state index in [2.05, 4.69) is 27.7 Å². The molecule has 17 heavy (non-hydrogen) atoms. The summed E-state index contributed by atoms with van der Waals surface area (Å²) in [6.45, 7) is 9.05. The van der Waals surface area contributed by atoms with Crippen molar-refractivity contribution in [1.82, 2.24) is 4.57 Å². The van der Waals surface area contributed by atoms with Crippen LogP contribution in [0, 0.1) is 17.2 Å². The highest BCUT2D eigenvalue weighted by Gasteiger charge is 2.12. The maximum atomic E-state index is 12.2. The van der Waals surface area contributed by atoms with Crippen LogP contribution >= 0.6 is 0 Å². The van der Waals surface area contributed by atoms with Crippen LogP contribution in [0.4, 0.5) is 0 Å². The molecule has 0 radical (unpaired) electrons. The highest BCUT2D eigenvalue weighted by Crippen LogP contribution is 2.14. The molecule has 1 rings (SSSR count). The molecule has 0 aromatic carbocycles. The Morgan fingerprint density at radius 3 is 2.41 bits per heavy atom. The van der Waals surface area contributed by atoms with Crippen molar-refractivity contribution in [2.24, 2.45) is 5.92 Å². The lowest BCUT2D eigenvalue weighted by Gasteiger charge is -2.18. The molecule has 0 bridgehead atoms. The Bertz CT molecular complexity index is 478. The second-order valence-corrected chi connectivity index (χ2v) is 5.08. The molecule has 0 saturated carbocycles. The maximum absolute atomic E-state index is 12.2. The monoisotopic (exact) mass is 232 g/mol. The minimum Gasteiger partial charge on any atom is -0.312 e. The Labute approximate surface area is 103 Å². The highest BCUT2D eigenvalue weighted by atomic mass is 16.1. The molecule has 1 aromatic heterocycles. The number of rotatable bonds is 4. The predicted molar refractivity (Wildman–Crippen MR) is 68.9 cm³/mol. The fraction of sp³-hybridized carbons (Fsp3) is 0.571. The number of pyridine rings is 1. The van der Waals surface area contributed by atoms with Crippen LogP contribution in [0.15, 0.2) is 16.9 Å². The maximum Gasteiger partial charge on any atom is 0.255 e. The second-order valence-electron chi connectivity index (χ2n) is 5.08. The van der Waals surface area contributed by atoms with Gasteiger partial charge in [0.05, 0.1) is 12.5 Å². The average Bonchev–Trinajstić information content (AvgIpc) is 2.23. The first-order valence-electron chi connectivity index (χ1n) is 6.07. The summed E-state index contributed by atoms with van der Waals surface area (Å²) in [5.41, 5.74) is 1.63. The van der Waals surface area contributed by atoms with E-state index in [0.29, 0.717) is 23.9 Å². The first-order valence-corrected chi connectivity index (χ1v) is 6.07. The fourth-order valence-electron chi connectivity index (χ4n) is 1.92. The van der Waals surface area contributed by atoms with Crippen molar-refractivity contribution in [2.75, 3.05) is 0 Å². The fourth-order valence-corrected chi connectivity index (χ4v) is 1.92. The lowest BCUT2D eigenvalue weighted by molar-refractivity contribution is 0.486. The first kappa shape index (κ1) is 13.5. The summed E-state index contributed by atoms with van der Waals surface area (Å²) >= 11 is 0. The summed E-state index contributed by atoms with van der Waals surface area (Å²) in [7, 11) is 0. The zero-order valence-corrected chi connectivity index (χ0v) is 11.0. The molecule has 0 aliphatic carbocycles. The van der Waals surface area contributed by atoms with Crippen LogP contribution in [0.25, 0.3) is 0 Å². The molecule has 0 aliphatic heterocycles. The lowest BCUT2D eigenvalue weighted by atomic mass is 10.1. The zero-order valence-electron chi connectivity index (χ0n) is 11.0. The van der Waals surface area contributed by atoms with E-state index >= 15 is 0 Å². The van der Waals surface area contributed by atoms with Crippen molar-refractivity contribution < 1.29 is 0 Å². The van der Waals surface area contributed by atoms with Crippen molar-refractivity contribution in [3.63, 3.8) is 0 Å². The van der Waals surface area contributed by atoms with Gasteiger partial charge in [0.15, 0.2) is 0 Å². The van der Waals surface area contributed by atoms with Crippen LogP contribution in [0.1, 0.15) is 44.9 Å². The molecular weight excluding hydrogens is 212 g/mol. The molecule has 0 spiro atoms. The molecule has 1 aromatic rings. The predicted octanol–water partition coefficient (Wildman–Crippen LogP) is 2.69. The van der Waals surface area contributed by atoms with Gasteiger partial charge < -0.3 is 4.57 Å². The summed E-state index contributed by atoms with van der Waals surface area (Å²) < 4.78 is 1.82. The topological polar surface area (TPSA) is 45.8 Å². The van der Waals surface area contributed by atoms with Gasteiger partial charge in [-0.1, -0.05) is 33.8 Å². The van der Waals surface area contributed by atoms with Gasteiger partial charge in [0, 0.05) is 17.8 Å². The molecule has 0 N–H and O–H groups in total. The van der Waals surface area contributed by atoms with E-state index in [1.54, 1.807) is 6.07 Å². The van der Waals surface area contributed by atoms with E-state index in [0.717, 1.165) is 5.69 Å². The van der Waals surface area contributed by atoms with Crippen LogP contribution < -0.4 is 5.56 Å². The number of hydrogen-bond donors (Lipinski definition) is 0. The standard InChI is InChI=1S/C14H20N2O/c1-10(2)9-16-13(11(3)4)6-5-12(7-8-15)14(16)17/h5-6,10-11H,7,9H2,1-4H3. The van der Waals surface area contributed by atoms with Crippen LogP contribution in [-0.4, -0.2) is 4.57 Å². The van der Waals surface area contributed by atoms with E-state index in [1.165, 1.54) is 0 Å². The third kappa shape index (κ3) is 3.20.